The van der Waals surface area contributed by atoms with Gasteiger partial charge in [-0.25, -0.2) is 0 Å². The first-order valence-electron chi connectivity index (χ1n) is 6.82. The summed E-state index contributed by atoms with van der Waals surface area (Å²) in [6, 6.07) is 3.36. The average Bonchev–Trinajstić information content (AvgIpc) is 2.65. The van der Waals surface area contributed by atoms with Crippen molar-refractivity contribution in [1.29, 1.82) is 0 Å². The van der Waals surface area contributed by atoms with Crippen molar-refractivity contribution >= 4 is 18.9 Å². The largest absolute Gasteiger partial charge is 0.498 e. The van der Waals surface area contributed by atoms with Gasteiger partial charge in [-0.05, 0) is 33.8 Å². The van der Waals surface area contributed by atoms with Gasteiger partial charge in [0.05, 0.1) is 31.0 Å². The second-order valence-corrected chi connectivity index (χ2v) is 6.04. The van der Waals surface area contributed by atoms with Crippen LogP contribution in [0.1, 0.15) is 38.1 Å². The van der Waals surface area contributed by atoms with Crippen LogP contribution in [0.3, 0.4) is 0 Å². The molecule has 1 heterocycles. The van der Waals surface area contributed by atoms with E-state index in [4.69, 9.17) is 18.8 Å². The number of aldehydes is 1. The van der Waals surface area contributed by atoms with Gasteiger partial charge in [0.25, 0.3) is 0 Å². The summed E-state index contributed by atoms with van der Waals surface area (Å²) in [5.74, 6) is 1.03. The maximum atomic E-state index is 11.2. The minimum absolute atomic E-state index is 0.433. The Kier molecular flexibility index (Phi) is 4.04. The molecule has 1 saturated heterocycles. The molecule has 0 radical (unpaired) electrons. The number of methoxy groups -OCH3 is 2. The van der Waals surface area contributed by atoms with Gasteiger partial charge in [-0.3, -0.25) is 4.79 Å². The van der Waals surface area contributed by atoms with Crippen LogP contribution in [0.5, 0.6) is 11.5 Å². The second-order valence-electron chi connectivity index (χ2n) is 6.04. The number of hydrogen-bond acceptors (Lipinski definition) is 5. The monoisotopic (exact) mass is 292 g/mol. The lowest BCUT2D eigenvalue weighted by Gasteiger charge is -2.32. The van der Waals surface area contributed by atoms with Crippen molar-refractivity contribution in [2.75, 3.05) is 14.2 Å². The maximum Gasteiger partial charge on any atom is 0.498 e. The van der Waals surface area contributed by atoms with Gasteiger partial charge in [0.2, 0.25) is 0 Å². The van der Waals surface area contributed by atoms with Crippen molar-refractivity contribution < 1.29 is 23.6 Å². The average molecular weight is 292 g/mol. The number of ether oxygens (including phenoxy) is 2. The van der Waals surface area contributed by atoms with E-state index in [2.05, 4.69) is 0 Å². The Labute approximate surface area is 125 Å². The van der Waals surface area contributed by atoms with Crippen LogP contribution in [0.25, 0.3) is 0 Å². The Morgan fingerprint density at radius 2 is 1.52 bits per heavy atom. The van der Waals surface area contributed by atoms with E-state index in [1.54, 1.807) is 19.2 Å². The topological polar surface area (TPSA) is 54.0 Å². The lowest BCUT2D eigenvalue weighted by Crippen LogP contribution is -2.41. The summed E-state index contributed by atoms with van der Waals surface area (Å²) in [7, 11) is 2.48. The van der Waals surface area contributed by atoms with Gasteiger partial charge < -0.3 is 18.8 Å². The Morgan fingerprint density at radius 3 is 1.95 bits per heavy atom. The molecule has 5 nitrogen and oxygen atoms in total. The fourth-order valence-corrected chi connectivity index (χ4v) is 2.20. The minimum atomic E-state index is -0.588. The van der Waals surface area contributed by atoms with Crippen molar-refractivity contribution in [1.82, 2.24) is 0 Å². The van der Waals surface area contributed by atoms with Crippen molar-refractivity contribution in [3.8, 4) is 11.5 Å². The molecule has 21 heavy (non-hydrogen) atoms. The molecule has 1 fully saturated rings. The number of carbonyl (C=O) groups excluding carboxylic acids is 1. The highest BCUT2D eigenvalue weighted by molar-refractivity contribution is 6.63. The highest BCUT2D eigenvalue weighted by Gasteiger charge is 2.52. The number of carbonyl (C=O) groups is 1. The van der Waals surface area contributed by atoms with E-state index in [1.807, 2.05) is 27.7 Å². The molecule has 1 aromatic carbocycles. The SMILES string of the molecule is COc1cc(OC)c(B2OC(C)(C)C(C)(C)O2)cc1C=O. The smallest absolute Gasteiger partial charge is 0.497 e. The Bertz CT molecular complexity index is 537. The van der Waals surface area contributed by atoms with Crippen LogP contribution in [-0.2, 0) is 9.31 Å². The van der Waals surface area contributed by atoms with Gasteiger partial charge >= 0.3 is 7.12 Å². The first kappa shape index (κ1) is 15.9. The van der Waals surface area contributed by atoms with Gasteiger partial charge in [0, 0.05) is 11.5 Å². The van der Waals surface area contributed by atoms with E-state index < -0.39 is 18.3 Å². The highest BCUT2D eigenvalue weighted by atomic mass is 16.7. The molecule has 0 bridgehead atoms. The molecule has 1 aliphatic heterocycles. The van der Waals surface area contributed by atoms with Gasteiger partial charge in [0.15, 0.2) is 6.29 Å². The quantitative estimate of drug-likeness (QED) is 0.626. The third kappa shape index (κ3) is 2.65. The molecule has 2 rings (SSSR count). The lowest BCUT2D eigenvalue weighted by molar-refractivity contribution is 0.00578. The summed E-state index contributed by atoms with van der Waals surface area (Å²) < 4.78 is 22.6. The minimum Gasteiger partial charge on any atom is -0.497 e. The highest BCUT2D eigenvalue weighted by Crippen LogP contribution is 2.37. The normalized spacial score (nSPS) is 19.4. The number of hydrogen-bond donors (Lipinski definition) is 0. The zero-order chi connectivity index (χ0) is 15.8. The van der Waals surface area contributed by atoms with Crippen molar-refractivity contribution in [3.05, 3.63) is 17.7 Å². The number of benzene rings is 1. The zero-order valence-corrected chi connectivity index (χ0v) is 13.4. The van der Waals surface area contributed by atoms with E-state index in [0.717, 1.165) is 6.29 Å². The summed E-state index contributed by atoms with van der Waals surface area (Å²) in [6.45, 7) is 7.90. The van der Waals surface area contributed by atoms with Crippen LogP contribution >= 0.6 is 0 Å². The molecule has 114 valence electrons. The van der Waals surface area contributed by atoms with Gasteiger partial charge in [-0.2, -0.15) is 0 Å². The summed E-state index contributed by atoms with van der Waals surface area (Å²) in [5, 5.41) is 0. The van der Waals surface area contributed by atoms with Crippen molar-refractivity contribution in [2.45, 2.75) is 38.9 Å². The fraction of sp³-hybridized carbons (Fsp3) is 0.533. The van der Waals surface area contributed by atoms with Crippen molar-refractivity contribution in [2.24, 2.45) is 0 Å². The van der Waals surface area contributed by atoms with E-state index in [9.17, 15) is 4.79 Å². The Morgan fingerprint density at radius 1 is 1.00 bits per heavy atom. The van der Waals surface area contributed by atoms with Gasteiger partial charge in [0.1, 0.15) is 11.5 Å². The zero-order valence-electron chi connectivity index (χ0n) is 13.4. The molecule has 0 aromatic heterocycles. The molecule has 0 aliphatic carbocycles. The van der Waals surface area contributed by atoms with Crippen LogP contribution in [0, 0.1) is 0 Å². The van der Waals surface area contributed by atoms with Gasteiger partial charge in [-0.15, -0.1) is 0 Å². The molecule has 0 N–H and O–H groups in total. The standard InChI is InChI=1S/C15H21BO5/c1-14(2)15(3,4)21-16(20-14)11-7-10(9-17)12(18-5)8-13(11)19-6/h7-9H,1-6H3. The third-order valence-electron chi connectivity index (χ3n) is 4.22. The number of rotatable bonds is 4. The Balaban J connectivity index is 2.47. The predicted octanol–water partition coefficient (Wildman–Crippen LogP) is 1.82. The van der Waals surface area contributed by atoms with E-state index in [1.165, 1.54) is 7.11 Å². The first-order chi connectivity index (χ1) is 9.75. The Hall–Kier alpha value is -1.53. The van der Waals surface area contributed by atoms with Crippen LogP contribution in [0.15, 0.2) is 12.1 Å². The summed E-state index contributed by atoms with van der Waals surface area (Å²) >= 11 is 0. The van der Waals surface area contributed by atoms with Crippen LogP contribution in [-0.4, -0.2) is 38.8 Å². The van der Waals surface area contributed by atoms with Crippen molar-refractivity contribution in [3.63, 3.8) is 0 Å². The van der Waals surface area contributed by atoms with E-state index in [-0.39, 0.29) is 0 Å². The molecule has 0 unspecified atom stereocenters. The second kappa shape index (κ2) is 5.35. The van der Waals surface area contributed by atoms with E-state index in [0.29, 0.717) is 22.5 Å². The molecular formula is C15H21BO5. The lowest BCUT2D eigenvalue weighted by atomic mass is 9.77. The van der Waals surface area contributed by atoms with Gasteiger partial charge in [-0.1, -0.05) is 0 Å². The molecular weight excluding hydrogens is 271 g/mol. The molecule has 0 atom stereocenters. The molecule has 0 spiro atoms. The van der Waals surface area contributed by atoms with Crippen LogP contribution < -0.4 is 14.9 Å². The molecule has 0 saturated carbocycles. The van der Waals surface area contributed by atoms with Crippen LogP contribution in [0.2, 0.25) is 0 Å². The summed E-state index contributed by atoms with van der Waals surface area (Å²) in [6.07, 6.45) is 0.743. The molecule has 6 heteroatoms. The predicted molar refractivity (Wildman–Crippen MR) is 80.6 cm³/mol. The fourth-order valence-electron chi connectivity index (χ4n) is 2.20. The molecule has 1 aliphatic rings. The summed E-state index contributed by atoms with van der Waals surface area (Å²) in [5.41, 5.74) is 0.204. The van der Waals surface area contributed by atoms with Crippen LogP contribution in [0.4, 0.5) is 0 Å². The molecule has 0 amide bonds. The van der Waals surface area contributed by atoms with E-state index >= 15 is 0 Å². The molecule has 1 aromatic rings. The third-order valence-corrected chi connectivity index (χ3v) is 4.22. The summed E-state index contributed by atoms with van der Waals surface area (Å²) in [4.78, 5) is 11.2. The maximum absolute atomic E-state index is 11.2. The first-order valence-corrected chi connectivity index (χ1v) is 6.82.